The molecule has 0 saturated heterocycles. The molecule has 12 heavy (non-hydrogen) atoms. The Morgan fingerprint density at radius 2 is 1.75 bits per heavy atom. The van der Waals surface area contributed by atoms with Crippen LogP contribution in [0.2, 0.25) is 0 Å². The molecule has 0 aromatic carbocycles. The number of carbonyl (C=O) groups excluding carboxylic acids is 1. The molecule has 2 N–H and O–H groups in total. The van der Waals surface area contributed by atoms with Gasteiger partial charge in [-0.15, -0.1) is 0 Å². The van der Waals surface area contributed by atoms with Gasteiger partial charge in [-0.2, -0.15) is 0 Å². The second-order valence-electron chi connectivity index (χ2n) is 1.28. The van der Waals surface area contributed by atoms with Gasteiger partial charge >= 0.3 is 0 Å². The van der Waals surface area contributed by atoms with Gasteiger partial charge < -0.3 is 17.1 Å². The van der Waals surface area contributed by atoms with Crippen molar-refractivity contribution >= 4 is 6.08 Å². The van der Waals surface area contributed by atoms with Crippen LogP contribution in [0, 0.1) is 6.92 Å². The van der Waals surface area contributed by atoms with Crippen LogP contribution in [0.4, 0.5) is 0 Å². The van der Waals surface area contributed by atoms with Gasteiger partial charge in [0.25, 0.3) is 0 Å². The average molecular weight is 210 g/mol. The molecule has 1 atom stereocenters. The van der Waals surface area contributed by atoms with Crippen LogP contribution in [-0.2, 0) is 26.5 Å². The van der Waals surface area contributed by atoms with Crippen molar-refractivity contribution in [3.63, 3.8) is 0 Å². The van der Waals surface area contributed by atoms with Crippen molar-refractivity contribution in [2.75, 3.05) is 14.2 Å². The topological polar surface area (TPSA) is 69.9 Å². The van der Waals surface area contributed by atoms with E-state index in [0.29, 0.717) is 0 Å². The number of rotatable bonds is 2. The molecule has 4 nitrogen and oxygen atoms in total. The van der Waals surface area contributed by atoms with Gasteiger partial charge in [0, 0.05) is 35.9 Å². The Morgan fingerprint density at radius 3 is 1.83 bits per heavy atom. The van der Waals surface area contributed by atoms with Crippen molar-refractivity contribution in [3.05, 3.63) is 6.92 Å². The number of hydrogen-bond donors (Lipinski definition) is 2. The SMILES string of the molecule is CO.CO.[CH2-]C(CC)N=C=O.[Ti]. The Balaban J connectivity index is -0.0000000560. The average Bonchev–Trinajstić information content (AvgIpc) is 2.12. The number of nitrogens with zero attached hydrogens (tertiary/aromatic N) is 1. The summed E-state index contributed by atoms with van der Waals surface area (Å²) in [7, 11) is 2.00. The monoisotopic (exact) mass is 210 g/mol. The predicted molar refractivity (Wildman–Crippen MR) is 43.8 cm³/mol. The molecular weight excluding hydrogens is 194 g/mol. The van der Waals surface area contributed by atoms with Crippen LogP contribution >= 0.6 is 0 Å². The number of aliphatic imine (C=N–C) groups is 1. The van der Waals surface area contributed by atoms with E-state index in [4.69, 9.17) is 10.2 Å². The molecule has 0 rings (SSSR count). The molecule has 0 radical (unpaired) electrons. The smallest absolute Gasteiger partial charge is 0.232 e. The summed E-state index contributed by atoms with van der Waals surface area (Å²) in [6.07, 6.45) is 2.23. The van der Waals surface area contributed by atoms with E-state index in [9.17, 15) is 4.79 Å². The molecule has 0 aliphatic rings. The van der Waals surface area contributed by atoms with E-state index in [1.165, 1.54) is 6.08 Å². The fraction of sp³-hybridized carbons (Fsp3) is 0.714. The fourth-order valence-corrected chi connectivity index (χ4v) is 0.166. The third-order valence-corrected chi connectivity index (χ3v) is 0.707. The first-order chi connectivity index (χ1) is 5.31. The minimum atomic E-state index is -0.0995. The van der Waals surface area contributed by atoms with Crippen molar-refractivity contribution in [1.29, 1.82) is 0 Å². The molecule has 0 aliphatic carbocycles. The van der Waals surface area contributed by atoms with E-state index in [0.717, 1.165) is 20.6 Å². The zero-order valence-electron chi connectivity index (χ0n) is 7.74. The van der Waals surface area contributed by atoms with Crippen LogP contribution in [0.5, 0.6) is 0 Å². The van der Waals surface area contributed by atoms with E-state index >= 15 is 0 Å². The molecule has 1 unspecified atom stereocenters. The van der Waals surface area contributed by atoms with Gasteiger partial charge in [-0.25, -0.2) is 9.79 Å². The number of isocyanates is 1. The third kappa shape index (κ3) is 32.4. The minimum Gasteiger partial charge on any atom is -0.400 e. The molecule has 0 amide bonds. The van der Waals surface area contributed by atoms with Crippen LogP contribution in [-0.4, -0.2) is 36.6 Å². The Morgan fingerprint density at radius 1 is 1.42 bits per heavy atom. The molecule has 0 spiro atoms. The Kier molecular flexibility index (Phi) is 57.7. The van der Waals surface area contributed by atoms with E-state index in [-0.39, 0.29) is 27.8 Å². The van der Waals surface area contributed by atoms with Gasteiger partial charge in [0.15, 0.2) is 0 Å². The summed E-state index contributed by atoms with van der Waals surface area (Å²) in [6, 6.07) is -0.0995. The molecule has 72 valence electrons. The van der Waals surface area contributed by atoms with Crippen LogP contribution in [0.3, 0.4) is 0 Å². The van der Waals surface area contributed by atoms with Crippen LogP contribution < -0.4 is 0 Å². The van der Waals surface area contributed by atoms with Crippen LogP contribution in [0.25, 0.3) is 0 Å². The van der Waals surface area contributed by atoms with Crippen LogP contribution in [0.15, 0.2) is 4.99 Å². The summed E-state index contributed by atoms with van der Waals surface area (Å²) in [5.74, 6) is 0. The molecule has 0 saturated carbocycles. The summed E-state index contributed by atoms with van der Waals surface area (Å²) in [4.78, 5) is 12.8. The Labute approximate surface area is 88.6 Å². The van der Waals surface area contributed by atoms with E-state index < -0.39 is 0 Å². The van der Waals surface area contributed by atoms with Crippen molar-refractivity contribution in [2.45, 2.75) is 19.4 Å². The normalized spacial score (nSPS) is 8.17. The maximum absolute atomic E-state index is 9.44. The Hall–Kier alpha value is 0.0143. The minimum absolute atomic E-state index is 0. The first kappa shape index (κ1) is 22.7. The first-order valence-electron chi connectivity index (χ1n) is 3.10. The molecule has 0 aromatic rings. The molecule has 0 fully saturated rings. The van der Waals surface area contributed by atoms with Gasteiger partial charge in [-0.3, -0.25) is 0 Å². The van der Waals surface area contributed by atoms with Crippen LogP contribution in [0.1, 0.15) is 13.3 Å². The second kappa shape index (κ2) is 30.5. The molecular formula is C7H16NO3Ti-. The molecule has 0 aromatic heterocycles. The van der Waals surface area contributed by atoms with Crippen molar-refractivity contribution in [3.8, 4) is 0 Å². The van der Waals surface area contributed by atoms with Gasteiger partial charge in [0.1, 0.15) is 0 Å². The van der Waals surface area contributed by atoms with Crippen molar-refractivity contribution < 1.29 is 36.7 Å². The van der Waals surface area contributed by atoms with E-state index in [2.05, 4.69) is 11.9 Å². The summed E-state index contributed by atoms with van der Waals surface area (Å²) >= 11 is 0. The standard InChI is InChI=1S/C5H8NO.2CH4O.Ti/c1-3-5(2)6-4-7;2*1-2;/h5H,2-3H2,1H3;2*2H,1H3;/q-1;;;. The maximum Gasteiger partial charge on any atom is 0.232 e. The quantitative estimate of drug-likeness (QED) is 0.295. The largest absolute Gasteiger partial charge is 0.400 e. The zero-order chi connectivity index (χ0) is 9.70. The fourth-order valence-electron chi connectivity index (χ4n) is 0.166. The second-order valence-corrected chi connectivity index (χ2v) is 1.28. The van der Waals surface area contributed by atoms with E-state index in [1.807, 2.05) is 6.92 Å². The third-order valence-electron chi connectivity index (χ3n) is 0.707. The summed E-state index contributed by atoms with van der Waals surface area (Å²) in [6.45, 7) is 5.43. The molecule has 5 heteroatoms. The number of aliphatic hydroxyl groups excluding tert-OH is 2. The molecule has 0 bridgehead atoms. The summed E-state index contributed by atoms with van der Waals surface area (Å²) in [5.41, 5.74) is 0. The van der Waals surface area contributed by atoms with Gasteiger partial charge in [-0.05, 0) is 0 Å². The number of aliphatic hydroxyl groups is 2. The number of hydrogen-bond acceptors (Lipinski definition) is 4. The summed E-state index contributed by atoms with van der Waals surface area (Å²) in [5, 5.41) is 14.0. The predicted octanol–water partition coefficient (Wildman–Crippen LogP) is 0.149. The molecule has 0 heterocycles. The Bertz CT molecular complexity index is 94.7. The van der Waals surface area contributed by atoms with Gasteiger partial charge in [-0.1, -0.05) is 19.4 Å². The van der Waals surface area contributed by atoms with Gasteiger partial charge in [0.2, 0.25) is 6.08 Å². The molecule has 0 aliphatic heterocycles. The van der Waals surface area contributed by atoms with Gasteiger partial charge in [0.05, 0.1) is 0 Å². The summed E-state index contributed by atoms with van der Waals surface area (Å²) < 4.78 is 0. The van der Waals surface area contributed by atoms with Crippen molar-refractivity contribution in [1.82, 2.24) is 0 Å². The van der Waals surface area contributed by atoms with Crippen molar-refractivity contribution in [2.24, 2.45) is 4.99 Å². The first-order valence-corrected chi connectivity index (χ1v) is 3.10. The van der Waals surface area contributed by atoms with E-state index in [1.54, 1.807) is 0 Å². The zero-order valence-corrected chi connectivity index (χ0v) is 9.30. The maximum atomic E-state index is 9.44.